The molecule has 0 nitrogen and oxygen atoms in total. The monoisotopic (exact) mass is 503 g/mol. The molecule has 0 spiro atoms. The van der Waals surface area contributed by atoms with Gasteiger partial charge in [-0.25, -0.2) is 0 Å². The van der Waals surface area contributed by atoms with Gasteiger partial charge in [0.1, 0.15) is 0 Å². The second kappa shape index (κ2) is 10.2. The van der Waals surface area contributed by atoms with E-state index in [1.165, 1.54) is 38.5 Å². The minimum absolute atomic E-state index is 0.382. The Hall–Kier alpha value is 0. The topological polar surface area (TPSA) is 0 Å². The summed E-state index contributed by atoms with van der Waals surface area (Å²) >= 11 is 0. The Kier molecular flexibility index (Phi) is 9.12. The van der Waals surface area contributed by atoms with Gasteiger partial charge in [0.05, 0.1) is 0 Å². The highest BCUT2D eigenvalue weighted by Gasteiger charge is 2.65. The third-order valence-electron chi connectivity index (χ3n) is 13.9. The molecule has 0 radical (unpaired) electrons. The maximum Gasteiger partial charge on any atom is -0.0266 e. The summed E-state index contributed by atoms with van der Waals surface area (Å²) in [5.74, 6) is 5.30. The Bertz CT molecular complexity index is 672. The van der Waals surface area contributed by atoms with E-state index in [0.717, 1.165) is 41.4 Å². The van der Waals surface area contributed by atoms with Crippen molar-refractivity contribution in [3.05, 3.63) is 0 Å². The summed E-state index contributed by atoms with van der Waals surface area (Å²) in [6, 6.07) is 0. The zero-order valence-corrected chi connectivity index (χ0v) is 28.3. The van der Waals surface area contributed by atoms with Gasteiger partial charge in [-0.05, 0) is 99.6 Å². The smallest absolute Gasteiger partial charge is 0.0266 e. The van der Waals surface area contributed by atoms with Crippen molar-refractivity contribution in [3.8, 4) is 0 Å². The summed E-state index contributed by atoms with van der Waals surface area (Å²) in [5.41, 5.74) is 2.34. The summed E-state index contributed by atoms with van der Waals surface area (Å²) < 4.78 is 0. The van der Waals surface area contributed by atoms with E-state index in [0.29, 0.717) is 32.5 Å². The molecule has 0 N–H and O–H groups in total. The van der Waals surface area contributed by atoms with Crippen LogP contribution < -0.4 is 0 Å². The predicted octanol–water partition coefficient (Wildman–Crippen LogP) is 11.9. The molecule has 0 aromatic heterocycles. The lowest BCUT2D eigenvalue weighted by atomic mass is 9.41. The van der Waals surface area contributed by atoms with Crippen LogP contribution in [-0.2, 0) is 0 Å². The van der Waals surface area contributed by atoms with Crippen molar-refractivity contribution in [1.29, 1.82) is 0 Å². The van der Waals surface area contributed by atoms with E-state index in [2.05, 4.69) is 118 Å². The number of fused-ring (bicyclic) bond motifs is 1. The largest absolute Gasteiger partial charge is 0.0648 e. The highest BCUT2D eigenvalue weighted by Crippen LogP contribution is 2.72. The third-order valence-corrected chi connectivity index (χ3v) is 13.9. The summed E-state index contributed by atoms with van der Waals surface area (Å²) in [5, 5.41) is 0. The van der Waals surface area contributed by atoms with Gasteiger partial charge in [-0.1, -0.05) is 131 Å². The average molecular weight is 503 g/mol. The second-order valence-electron chi connectivity index (χ2n) is 17.9. The first-order valence-corrected chi connectivity index (χ1v) is 16.0. The maximum absolute atomic E-state index is 2.76. The molecule has 2 rings (SSSR count). The minimum atomic E-state index is 0.382. The summed E-state index contributed by atoms with van der Waals surface area (Å²) in [4.78, 5) is 0. The van der Waals surface area contributed by atoms with Gasteiger partial charge in [-0.2, -0.15) is 0 Å². The minimum Gasteiger partial charge on any atom is -0.0648 e. The number of hydrogen-bond donors (Lipinski definition) is 0. The summed E-state index contributed by atoms with van der Waals surface area (Å²) in [6.07, 6.45) is 8.10. The van der Waals surface area contributed by atoms with Gasteiger partial charge >= 0.3 is 0 Å². The van der Waals surface area contributed by atoms with Crippen LogP contribution in [0.15, 0.2) is 0 Å². The van der Waals surface area contributed by atoms with Crippen LogP contribution in [0.4, 0.5) is 0 Å². The molecule has 0 heterocycles. The first kappa shape index (κ1) is 32.2. The zero-order chi connectivity index (χ0) is 28.3. The Morgan fingerprint density at radius 3 is 1.11 bits per heavy atom. The predicted molar refractivity (Wildman–Crippen MR) is 163 cm³/mol. The van der Waals surface area contributed by atoms with E-state index in [1.807, 2.05) is 0 Å². The molecule has 2 aliphatic carbocycles. The van der Waals surface area contributed by atoms with Crippen LogP contribution in [0.25, 0.3) is 0 Å². The fourth-order valence-electron chi connectivity index (χ4n) is 10.5. The van der Waals surface area contributed by atoms with Gasteiger partial charge in [0.15, 0.2) is 0 Å². The van der Waals surface area contributed by atoms with Crippen molar-refractivity contribution in [2.75, 3.05) is 0 Å². The van der Waals surface area contributed by atoms with E-state index in [4.69, 9.17) is 0 Å². The summed E-state index contributed by atoms with van der Waals surface area (Å²) in [6.45, 7) is 44.1. The van der Waals surface area contributed by atoms with E-state index in [1.54, 1.807) is 0 Å². The lowest BCUT2D eigenvalue weighted by molar-refractivity contribution is -0.153. The first-order valence-electron chi connectivity index (χ1n) is 16.0. The van der Waals surface area contributed by atoms with Gasteiger partial charge in [0.2, 0.25) is 0 Å². The van der Waals surface area contributed by atoms with Gasteiger partial charge in [-0.15, -0.1) is 0 Å². The van der Waals surface area contributed by atoms with Crippen LogP contribution in [0.2, 0.25) is 0 Å². The Morgan fingerprint density at radius 1 is 0.611 bits per heavy atom. The normalized spacial score (nSPS) is 46.1. The fourth-order valence-corrected chi connectivity index (χ4v) is 10.5. The average Bonchev–Trinajstić information content (AvgIpc) is 2.79. The molecule has 2 fully saturated rings. The van der Waals surface area contributed by atoms with Crippen LogP contribution in [0.5, 0.6) is 0 Å². The lowest BCUT2D eigenvalue weighted by Gasteiger charge is -2.64. The Balaban J connectivity index is 2.85. The number of rotatable bonds is 6. The molecular formula is C36H70. The van der Waals surface area contributed by atoms with Gasteiger partial charge < -0.3 is 0 Å². The quantitative estimate of drug-likeness (QED) is 0.338. The molecule has 36 heavy (non-hydrogen) atoms. The van der Waals surface area contributed by atoms with Crippen molar-refractivity contribution in [3.63, 3.8) is 0 Å². The Morgan fingerprint density at radius 2 is 0.889 bits per heavy atom. The Labute approximate surface area is 230 Å². The van der Waals surface area contributed by atoms with Gasteiger partial charge in [-0.3, -0.25) is 0 Å². The molecule has 0 saturated heterocycles. The van der Waals surface area contributed by atoms with E-state index < -0.39 is 0 Å². The molecule has 0 aromatic rings. The van der Waals surface area contributed by atoms with Crippen LogP contribution >= 0.6 is 0 Å². The van der Waals surface area contributed by atoms with Crippen molar-refractivity contribution >= 4 is 0 Å². The molecule has 10 atom stereocenters. The van der Waals surface area contributed by atoms with Gasteiger partial charge in [0.25, 0.3) is 0 Å². The molecule has 2 aliphatic rings. The van der Waals surface area contributed by atoms with Crippen molar-refractivity contribution in [2.24, 2.45) is 73.9 Å². The van der Waals surface area contributed by atoms with Crippen LogP contribution in [-0.4, -0.2) is 0 Å². The summed E-state index contributed by atoms with van der Waals surface area (Å²) in [7, 11) is 0. The van der Waals surface area contributed by atoms with Crippen molar-refractivity contribution in [1.82, 2.24) is 0 Å². The molecule has 0 aromatic carbocycles. The van der Waals surface area contributed by atoms with E-state index in [-0.39, 0.29) is 0 Å². The molecule has 0 amide bonds. The molecule has 0 heteroatoms. The van der Waals surface area contributed by atoms with Gasteiger partial charge in [0, 0.05) is 0 Å². The standard InChI is InChI=1S/C36H70/c1-18-33(14)26(5)29-30(27(6)34(15,19-2)28(33)7)36(17,25(4)23-32(11,12)13)21-20-35(29,16)24(3)22-31(8,9)10/h24-30H,18-23H2,1-17H3. The third kappa shape index (κ3) is 5.37. The second-order valence-corrected chi connectivity index (χ2v) is 17.9. The van der Waals surface area contributed by atoms with Crippen LogP contribution in [0.3, 0.4) is 0 Å². The molecule has 10 unspecified atom stereocenters. The zero-order valence-electron chi connectivity index (χ0n) is 28.3. The lowest BCUT2D eigenvalue weighted by Crippen LogP contribution is -2.57. The SMILES string of the molecule is CCC1(C)C(C)C2C(C(C)C(C)(CC)C1C)C(C)(C(C)CC(C)(C)C)CCC2(C)C(C)CC(C)(C)C. The molecular weight excluding hydrogens is 432 g/mol. The van der Waals surface area contributed by atoms with E-state index in [9.17, 15) is 0 Å². The van der Waals surface area contributed by atoms with Crippen molar-refractivity contribution in [2.45, 2.75) is 156 Å². The van der Waals surface area contributed by atoms with E-state index >= 15 is 0 Å². The molecule has 0 aliphatic heterocycles. The number of hydrogen-bond acceptors (Lipinski definition) is 0. The fraction of sp³-hybridized carbons (Fsp3) is 1.00. The molecule has 214 valence electrons. The molecule has 0 bridgehead atoms. The highest BCUT2D eigenvalue weighted by molar-refractivity contribution is 5.13. The van der Waals surface area contributed by atoms with Crippen LogP contribution in [0.1, 0.15) is 156 Å². The van der Waals surface area contributed by atoms with Crippen molar-refractivity contribution < 1.29 is 0 Å². The maximum atomic E-state index is 2.76. The van der Waals surface area contributed by atoms with Crippen LogP contribution in [0, 0.1) is 73.9 Å². The highest BCUT2D eigenvalue weighted by atomic mass is 14.7. The first-order chi connectivity index (χ1) is 16.0. The molecule has 2 saturated carbocycles.